The van der Waals surface area contributed by atoms with Crippen LogP contribution in [0.3, 0.4) is 0 Å². The fourth-order valence-electron chi connectivity index (χ4n) is 2.12. The summed E-state index contributed by atoms with van der Waals surface area (Å²) in [4.78, 5) is -0.641. The van der Waals surface area contributed by atoms with E-state index in [0.29, 0.717) is 18.9 Å². The van der Waals surface area contributed by atoms with Crippen LogP contribution in [-0.4, -0.2) is 31.9 Å². The predicted octanol–water partition coefficient (Wildman–Crippen LogP) is 2.10. The van der Waals surface area contributed by atoms with Crippen molar-refractivity contribution in [3.63, 3.8) is 0 Å². The van der Waals surface area contributed by atoms with Crippen molar-refractivity contribution in [1.29, 1.82) is 0 Å². The normalized spacial score (nSPS) is 12.3. The van der Waals surface area contributed by atoms with E-state index in [-0.39, 0.29) is 19.1 Å². The number of nitrogens with zero attached hydrogens (tertiary/aromatic N) is 1. The van der Waals surface area contributed by atoms with Crippen molar-refractivity contribution in [2.45, 2.75) is 37.6 Å². The summed E-state index contributed by atoms with van der Waals surface area (Å²) in [6, 6.07) is 2.12. The molecular formula is C13H20F2N2O2S. The van der Waals surface area contributed by atoms with Gasteiger partial charge in [-0.2, -0.15) is 4.31 Å². The highest BCUT2D eigenvalue weighted by molar-refractivity contribution is 7.89. The summed E-state index contributed by atoms with van der Waals surface area (Å²) in [5, 5.41) is 0. The Balaban J connectivity index is 3.32. The summed E-state index contributed by atoms with van der Waals surface area (Å²) in [5.41, 5.74) is 5.45. The van der Waals surface area contributed by atoms with Gasteiger partial charge in [-0.25, -0.2) is 17.2 Å². The van der Waals surface area contributed by atoms with E-state index >= 15 is 0 Å². The molecule has 0 heterocycles. The van der Waals surface area contributed by atoms with Crippen LogP contribution in [0.15, 0.2) is 23.1 Å². The Labute approximate surface area is 118 Å². The molecule has 1 rings (SSSR count). The van der Waals surface area contributed by atoms with Gasteiger partial charge < -0.3 is 5.73 Å². The molecular weight excluding hydrogens is 286 g/mol. The Morgan fingerprint density at radius 2 is 1.85 bits per heavy atom. The molecule has 7 heteroatoms. The first kappa shape index (κ1) is 17.0. The van der Waals surface area contributed by atoms with E-state index in [9.17, 15) is 17.2 Å². The summed E-state index contributed by atoms with van der Waals surface area (Å²) in [6.07, 6.45) is 1.15. The van der Waals surface area contributed by atoms with Crippen molar-refractivity contribution in [1.82, 2.24) is 4.31 Å². The van der Waals surface area contributed by atoms with Crippen LogP contribution in [0.4, 0.5) is 8.78 Å². The lowest BCUT2D eigenvalue weighted by Crippen LogP contribution is -2.43. The van der Waals surface area contributed by atoms with Gasteiger partial charge in [-0.15, -0.1) is 0 Å². The number of rotatable bonds is 7. The van der Waals surface area contributed by atoms with Crippen LogP contribution in [0.2, 0.25) is 0 Å². The Morgan fingerprint density at radius 1 is 1.25 bits per heavy atom. The molecule has 0 saturated carbocycles. The number of benzene rings is 1. The zero-order valence-electron chi connectivity index (χ0n) is 11.6. The molecule has 0 aliphatic carbocycles. The molecule has 0 unspecified atom stereocenters. The van der Waals surface area contributed by atoms with Crippen LogP contribution in [0, 0.1) is 11.6 Å². The van der Waals surface area contributed by atoms with Gasteiger partial charge in [0.15, 0.2) is 0 Å². The molecule has 1 aromatic rings. The average molecular weight is 306 g/mol. The maximum Gasteiger partial charge on any atom is 0.246 e. The zero-order valence-corrected chi connectivity index (χ0v) is 12.5. The Hall–Kier alpha value is -1.05. The van der Waals surface area contributed by atoms with Crippen molar-refractivity contribution < 1.29 is 17.2 Å². The van der Waals surface area contributed by atoms with E-state index < -0.39 is 26.6 Å². The lowest BCUT2D eigenvalue weighted by molar-refractivity contribution is 0.308. The zero-order chi connectivity index (χ0) is 15.3. The van der Waals surface area contributed by atoms with Gasteiger partial charge in [-0.1, -0.05) is 13.8 Å². The molecule has 0 spiro atoms. The third-order valence-electron chi connectivity index (χ3n) is 3.18. The van der Waals surface area contributed by atoms with Gasteiger partial charge in [0.2, 0.25) is 10.0 Å². The van der Waals surface area contributed by atoms with Crippen molar-refractivity contribution in [2.24, 2.45) is 5.73 Å². The molecule has 0 amide bonds. The van der Waals surface area contributed by atoms with E-state index in [1.807, 2.05) is 13.8 Å². The molecule has 0 radical (unpaired) electrons. The summed E-state index contributed by atoms with van der Waals surface area (Å²) in [6.45, 7) is 3.88. The molecule has 0 fully saturated rings. The smallest absolute Gasteiger partial charge is 0.246 e. The number of sulfonamides is 1. The van der Waals surface area contributed by atoms with Gasteiger partial charge in [0, 0.05) is 19.1 Å². The number of halogens is 2. The highest BCUT2D eigenvalue weighted by Crippen LogP contribution is 2.24. The fraction of sp³-hybridized carbons (Fsp3) is 0.538. The van der Waals surface area contributed by atoms with Crippen LogP contribution >= 0.6 is 0 Å². The predicted molar refractivity (Wildman–Crippen MR) is 73.7 cm³/mol. The molecule has 0 aliphatic rings. The van der Waals surface area contributed by atoms with Gasteiger partial charge in [-0.3, -0.25) is 0 Å². The number of hydrogen-bond acceptors (Lipinski definition) is 3. The second-order valence-electron chi connectivity index (χ2n) is 4.45. The number of hydrogen-bond donors (Lipinski definition) is 1. The maximum atomic E-state index is 13.7. The summed E-state index contributed by atoms with van der Waals surface area (Å²) in [5.74, 6) is -1.75. The lowest BCUT2D eigenvalue weighted by Gasteiger charge is -2.29. The van der Waals surface area contributed by atoms with Crippen molar-refractivity contribution in [2.75, 3.05) is 13.1 Å². The average Bonchev–Trinajstić information content (AvgIpc) is 2.41. The van der Waals surface area contributed by atoms with Gasteiger partial charge in [-0.05, 0) is 31.0 Å². The van der Waals surface area contributed by atoms with Crippen molar-refractivity contribution >= 4 is 10.0 Å². The van der Waals surface area contributed by atoms with Crippen LogP contribution < -0.4 is 5.73 Å². The minimum absolute atomic E-state index is 0.0740. The largest absolute Gasteiger partial charge is 0.329 e. The lowest BCUT2D eigenvalue weighted by atomic mass is 10.2. The van der Waals surface area contributed by atoms with Crippen molar-refractivity contribution in [3.8, 4) is 0 Å². The van der Waals surface area contributed by atoms with Crippen LogP contribution in [0.1, 0.15) is 26.7 Å². The minimum Gasteiger partial charge on any atom is -0.329 e. The maximum absolute atomic E-state index is 13.7. The summed E-state index contributed by atoms with van der Waals surface area (Å²) < 4.78 is 53.1. The Morgan fingerprint density at radius 3 is 2.35 bits per heavy atom. The highest BCUT2D eigenvalue weighted by atomic mass is 32.2. The molecule has 0 aliphatic heterocycles. The molecule has 0 aromatic heterocycles. The Bertz CT molecular complexity index is 545. The van der Waals surface area contributed by atoms with E-state index in [2.05, 4.69) is 0 Å². The first-order valence-electron chi connectivity index (χ1n) is 6.55. The topological polar surface area (TPSA) is 63.4 Å². The van der Waals surface area contributed by atoms with Crippen molar-refractivity contribution in [3.05, 3.63) is 29.8 Å². The van der Waals surface area contributed by atoms with Crippen LogP contribution in [-0.2, 0) is 10.0 Å². The van der Waals surface area contributed by atoms with Gasteiger partial charge in [0.1, 0.15) is 16.5 Å². The van der Waals surface area contributed by atoms with E-state index in [4.69, 9.17) is 5.73 Å². The quantitative estimate of drug-likeness (QED) is 0.839. The summed E-state index contributed by atoms with van der Waals surface area (Å²) in [7, 11) is -4.10. The first-order chi connectivity index (χ1) is 9.38. The van der Waals surface area contributed by atoms with Crippen LogP contribution in [0.25, 0.3) is 0 Å². The first-order valence-corrected chi connectivity index (χ1v) is 7.99. The monoisotopic (exact) mass is 306 g/mol. The van der Waals surface area contributed by atoms with Crippen LogP contribution in [0.5, 0.6) is 0 Å². The summed E-state index contributed by atoms with van der Waals surface area (Å²) >= 11 is 0. The van der Waals surface area contributed by atoms with Gasteiger partial charge in [0.25, 0.3) is 0 Å². The second kappa shape index (κ2) is 7.10. The standard InChI is InChI=1S/C13H20F2N2O2S/c1-3-11(4-2)17(8-7-16)20(18,19)13-9-10(14)5-6-12(13)15/h5-6,9,11H,3-4,7-8,16H2,1-2H3. The second-order valence-corrected chi connectivity index (χ2v) is 6.31. The fourth-order valence-corrected chi connectivity index (χ4v) is 3.99. The molecule has 114 valence electrons. The van der Waals surface area contributed by atoms with E-state index in [0.717, 1.165) is 16.4 Å². The third-order valence-corrected chi connectivity index (χ3v) is 5.15. The van der Waals surface area contributed by atoms with E-state index in [1.165, 1.54) is 0 Å². The molecule has 2 N–H and O–H groups in total. The number of nitrogens with two attached hydrogens (primary N) is 1. The SMILES string of the molecule is CCC(CC)N(CCN)S(=O)(=O)c1cc(F)ccc1F. The molecule has 0 saturated heterocycles. The third kappa shape index (κ3) is 3.53. The molecule has 0 bridgehead atoms. The molecule has 20 heavy (non-hydrogen) atoms. The Kier molecular flexibility index (Phi) is 6.04. The molecule has 0 atom stereocenters. The molecule has 4 nitrogen and oxygen atoms in total. The van der Waals surface area contributed by atoms with Gasteiger partial charge in [0.05, 0.1) is 0 Å². The minimum atomic E-state index is -4.10. The van der Waals surface area contributed by atoms with Gasteiger partial charge >= 0.3 is 0 Å². The highest BCUT2D eigenvalue weighted by Gasteiger charge is 2.31. The van der Waals surface area contributed by atoms with E-state index in [1.54, 1.807) is 0 Å². The molecule has 1 aromatic carbocycles.